The van der Waals surface area contributed by atoms with E-state index in [0.717, 1.165) is 11.8 Å². The van der Waals surface area contributed by atoms with Crippen molar-refractivity contribution < 1.29 is 30.3 Å². The van der Waals surface area contributed by atoms with E-state index in [0.29, 0.717) is 0 Å². The van der Waals surface area contributed by atoms with Gasteiger partial charge in [0.1, 0.15) is 0 Å². The summed E-state index contributed by atoms with van der Waals surface area (Å²) in [6.45, 7) is 4.60. The maximum atomic E-state index is 9.60. The molecule has 0 amide bonds. The highest BCUT2D eigenvalue weighted by Gasteiger charge is 2.00. The van der Waals surface area contributed by atoms with Gasteiger partial charge in [0.05, 0.1) is 0 Å². The summed E-state index contributed by atoms with van der Waals surface area (Å²) in [6.07, 6.45) is -2.73. The molecule has 5 N–H and O–H groups in total. The van der Waals surface area contributed by atoms with E-state index in [2.05, 4.69) is 6.58 Å². The first kappa shape index (κ1) is 16.8. The smallest absolute Gasteiger partial charge is 0.330 e. The summed E-state index contributed by atoms with van der Waals surface area (Å²) in [5.41, 5.74) is 0.176. The molecule has 0 heterocycles. The number of thioether (sulfide) groups is 1. The van der Waals surface area contributed by atoms with Gasteiger partial charge >= 0.3 is 5.97 Å². The lowest BCUT2D eigenvalue weighted by atomic mass is 10.4. The van der Waals surface area contributed by atoms with E-state index in [1.54, 1.807) is 0 Å². The van der Waals surface area contributed by atoms with Crippen LogP contribution in [0.1, 0.15) is 6.92 Å². The number of aliphatic hydroxyl groups is 4. The fourth-order valence-electron chi connectivity index (χ4n) is 0.279. The molecule has 0 aromatic carbocycles. The van der Waals surface area contributed by atoms with E-state index in [1.165, 1.54) is 6.92 Å². The minimum Gasteiger partial charge on any atom is -0.478 e. The number of carbonyl (C=O) groups is 1. The normalized spacial score (nSPS) is 9.80. The lowest BCUT2D eigenvalue weighted by Crippen LogP contribution is -2.12. The number of rotatable bonds is 5. The van der Waals surface area contributed by atoms with Crippen LogP contribution in [-0.2, 0) is 4.79 Å². The van der Waals surface area contributed by atoms with Crippen LogP contribution in [0.3, 0.4) is 0 Å². The predicted molar refractivity (Wildman–Crippen MR) is 56.2 cm³/mol. The Balaban J connectivity index is 0. The van der Waals surface area contributed by atoms with Gasteiger partial charge in [-0.25, -0.2) is 4.79 Å². The van der Waals surface area contributed by atoms with Crippen LogP contribution >= 0.6 is 11.8 Å². The molecule has 0 aliphatic heterocycles. The molecule has 7 heteroatoms. The standard InChI is InChI=1S/C4H10O4S.C4H6O2/c5-3(6)1-9-2-4(7)8;1-3(2)4(5)6/h3-8H,1-2H2;1H2,2H3,(H,5,6). The average molecular weight is 240 g/mol. The quantitative estimate of drug-likeness (QED) is 0.308. The zero-order valence-corrected chi connectivity index (χ0v) is 9.15. The van der Waals surface area contributed by atoms with Crippen molar-refractivity contribution >= 4 is 17.7 Å². The van der Waals surface area contributed by atoms with E-state index >= 15 is 0 Å². The Morgan fingerprint density at radius 1 is 1.20 bits per heavy atom. The van der Waals surface area contributed by atoms with Crippen molar-refractivity contribution in [3.63, 3.8) is 0 Å². The van der Waals surface area contributed by atoms with Gasteiger partial charge in [-0.1, -0.05) is 6.58 Å². The van der Waals surface area contributed by atoms with Crippen molar-refractivity contribution in [2.24, 2.45) is 0 Å². The third-order valence-electron chi connectivity index (χ3n) is 0.899. The Bertz CT molecular complexity index is 172. The van der Waals surface area contributed by atoms with Crippen LogP contribution in [0.2, 0.25) is 0 Å². The molecule has 15 heavy (non-hydrogen) atoms. The van der Waals surface area contributed by atoms with Crippen molar-refractivity contribution in [3.05, 3.63) is 12.2 Å². The van der Waals surface area contributed by atoms with Crippen molar-refractivity contribution in [1.82, 2.24) is 0 Å². The molecule has 90 valence electrons. The van der Waals surface area contributed by atoms with Gasteiger partial charge in [0.2, 0.25) is 0 Å². The first-order valence-corrected chi connectivity index (χ1v) is 5.11. The van der Waals surface area contributed by atoms with Crippen LogP contribution in [-0.4, -0.2) is 55.6 Å². The number of hydrogen-bond acceptors (Lipinski definition) is 6. The third kappa shape index (κ3) is 19.7. The number of hydrogen-bond donors (Lipinski definition) is 5. The van der Waals surface area contributed by atoms with Gasteiger partial charge in [0.25, 0.3) is 0 Å². The van der Waals surface area contributed by atoms with Crippen LogP contribution in [0.4, 0.5) is 0 Å². The minimum atomic E-state index is -1.37. The minimum absolute atomic E-state index is 0.109. The Kier molecular flexibility index (Phi) is 11.1. The van der Waals surface area contributed by atoms with Crippen molar-refractivity contribution in [3.8, 4) is 0 Å². The van der Waals surface area contributed by atoms with Gasteiger partial charge in [-0.05, 0) is 6.92 Å². The molecule has 0 radical (unpaired) electrons. The lowest BCUT2D eigenvalue weighted by Gasteiger charge is -2.03. The number of carboxylic acids is 1. The molecule has 0 fully saturated rings. The Morgan fingerprint density at radius 2 is 1.47 bits per heavy atom. The highest BCUT2D eigenvalue weighted by Crippen LogP contribution is 2.01. The second-order valence-corrected chi connectivity index (χ2v) is 3.66. The molecular formula is C8H16O6S. The molecule has 0 aromatic rings. The molecule has 0 unspecified atom stereocenters. The summed E-state index contributed by atoms with van der Waals surface area (Å²) in [4.78, 5) is 9.60. The first-order valence-electron chi connectivity index (χ1n) is 3.96. The number of aliphatic carboxylic acids is 1. The molecule has 0 spiro atoms. The molecule has 0 atom stereocenters. The monoisotopic (exact) mass is 240 g/mol. The van der Waals surface area contributed by atoms with Crippen LogP contribution < -0.4 is 0 Å². The zero-order valence-electron chi connectivity index (χ0n) is 8.33. The molecule has 0 aliphatic rings. The average Bonchev–Trinajstić information content (AvgIpc) is 2.03. The SMILES string of the molecule is C=C(C)C(=O)O.OC(O)CSCC(O)O. The van der Waals surface area contributed by atoms with Gasteiger partial charge in [-0.3, -0.25) is 0 Å². The predicted octanol–water partition coefficient (Wildman–Crippen LogP) is -1.01. The Morgan fingerprint density at radius 3 is 1.60 bits per heavy atom. The molecule has 0 bridgehead atoms. The van der Waals surface area contributed by atoms with Crippen LogP contribution in [0.25, 0.3) is 0 Å². The fourth-order valence-corrected chi connectivity index (χ4v) is 0.837. The molecule has 0 aliphatic carbocycles. The second-order valence-electron chi connectivity index (χ2n) is 2.58. The van der Waals surface area contributed by atoms with Gasteiger partial charge in [0.15, 0.2) is 12.6 Å². The summed E-state index contributed by atoms with van der Waals surface area (Å²) >= 11 is 1.07. The van der Waals surface area contributed by atoms with Crippen molar-refractivity contribution in [2.45, 2.75) is 19.5 Å². The molecule has 0 saturated carbocycles. The summed E-state index contributed by atoms with van der Waals surface area (Å²) in [5.74, 6) is -0.718. The molecule has 6 nitrogen and oxygen atoms in total. The summed E-state index contributed by atoms with van der Waals surface area (Å²) in [5, 5.41) is 40.8. The number of carboxylic acid groups (broad SMARTS) is 1. The zero-order chi connectivity index (χ0) is 12.4. The van der Waals surface area contributed by atoms with Gasteiger partial charge in [-0.2, -0.15) is 11.8 Å². The highest BCUT2D eigenvalue weighted by atomic mass is 32.2. The van der Waals surface area contributed by atoms with Crippen molar-refractivity contribution in [2.75, 3.05) is 11.5 Å². The largest absolute Gasteiger partial charge is 0.478 e. The summed E-state index contributed by atoms with van der Waals surface area (Å²) in [6, 6.07) is 0. The maximum Gasteiger partial charge on any atom is 0.330 e. The van der Waals surface area contributed by atoms with Crippen LogP contribution in [0, 0.1) is 0 Å². The van der Waals surface area contributed by atoms with Crippen LogP contribution in [0.15, 0.2) is 12.2 Å². The van der Waals surface area contributed by atoms with Crippen molar-refractivity contribution in [1.29, 1.82) is 0 Å². The van der Waals surface area contributed by atoms with E-state index in [9.17, 15) is 4.79 Å². The topological polar surface area (TPSA) is 118 Å². The molecule has 0 saturated heterocycles. The van der Waals surface area contributed by atoms with E-state index in [1.807, 2.05) is 0 Å². The maximum absolute atomic E-state index is 9.60. The molecular weight excluding hydrogens is 224 g/mol. The molecule has 0 aromatic heterocycles. The number of aliphatic hydroxyl groups excluding tert-OH is 2. The third-order valence-corrected chi connectivity index (χ3v) is 1.97. The Labute approximate surface area is 91.9 Å². The molecule has 0 rings (SSSR count). The van der Waals surface area contributed by atoms with E-state index < -0.39 is 18.5 Å². The van der Waals surface area contributed by atoms with E-state index in [4.69, 9.17) is 25.5 Å². The fraction of sp³-hybridized carbons (Fsp3) is 0.625. The van der Waals surface area contributed by atoms with Gasteiger partial charge in [0, 0.05) is 17.1 Å². The first-order chi connectivity index (χ1) is 6.77. The van der Waals surface area contributed by atoms with Gasteiger partial charge < -0.3 is 25.5 Å². The summed E-state index contributed by atoms with van der Waals surface area (Å²) in [7, 11) is 0. The van der Waals surface area contributed by atoms with Crippen LogP contribution in [0.5, 0.6) is 0 Å². The summed E-state index contributed by atoms with van der Waals surface area (Å²) < 4.78 is 0. The Hall–Kier alpha value is -0.600. The lowest BCUT2D eigenvalue weighted by molar-refractivity contribution is -0.132. The second kappa shape index (κ2) is 9.94. The van der Waals surface area contributed by atoms with Gasteiger partial charge in [-0.15, -0.1) is 0 Å². The highest BCUT2D eigenvalue weighted by molar-refractivity contribution is 7.99. The van der Waals surface area contributed by atoms with E-state index in [-0.39, 0.29) is 17.1 Å².